The summed E-state index contributed by atoms with van der Waals surface area (Å²) in [5.41, 5.74) is 1.77. The predicted octanol–water partition coefficient (Wildman–Crippen LogP) is 2.80. The molecule has 0 N–H and O–H groups in total. The SMILES string of the molecule is CC1COc2ccc(CN(C3CC3)S(C)(=O)=O)cc2CN1C(=O)COc1ccccc1. The first-order valence-corrected chi connectivity index (χ1v) is 12.3. The van der Waals surface area contributed by atoms with Gasteiger partial charge in [-0.05, 0) is 49.6 Å². The van der Waals surface area contributed by atoms with Crippen LogP contribution in [0.25, 0.3) is 0 Å². The maximum atomic E-state index is 12.9. The lowest BCUT2D eigenvalue weighted by atomic mass is 10.1. The molecule has 2 aliphatic rings. The Labute approximate surface area is 183 Å². The van der Waals surface area contributed by atoms with Crippen LogP contribution in [0.2, 0.25) is 0 Å². The third-order valence-corrected chi connectivity index (χ3v) is 6.90. The monoisotopic (exact) mass is 444 g/mol. The maximum absolute atomic E-state index is 12.9. The molecule has 166 valence electrons. The highest BCUT2D eigenvalue weighted by molar-refractivity contribution is 7.88. The lowest BCUT2D eigenvalue weighted by Crippen LogP contribution is -2.42. The first-order chi connectivity index (χ1) is 14.8. The number of sulfonamides is 1. The van der Waals surface area contributed by atoms with Crippen molar-refractivity contribution in [3.63, 3.8) is 0 Å². The largest absolute Gasteiger partial charge is 0.491 e. The predicted molar refractivity (Wildman–Crippen MR) is 117 cm³/mol. The fourth-order valence-corrected chi connectivity index (χ4v) is 4.91. The molecule has 0 spiro atoms. The van der Waals surface area contributed by atoms with Crippen LogP contribution in [-0.4, -0.2) is 55.1 Å². The first kappa shape index (κ1) is 21.6. The van der Waals surface area contributed by atoms with E-state index in [9.17, 15) is 13.2 Å². The van der Waals surface area contributed by atoms with Crippen molar-refractivity contribution in [2.24, 2.45) is 0 Å². The molecule has 8 heteroatoms. The summed E-state index contributed by atoms with van der Waals surface area (Å²) in [4.78, 5) is 14.7. The molecule has 0 radical (unpaired) electrons. The van der Waals surface area contributed by atoms with Crippen molar-refractivity contribution in [3.8, 4) is 11.5 Å². The van der Waals surface area contributed by atoms with Gasteiger partial charge in [0.15, 0.2) is 6.61 Å². The standard InChI is InChI=1S/C23H28N2O5S/c1-17-15-30-22-11-8-18(13-25(20-9-10-20)31(2,27)28)12-19(22)14-24(17)23(26)16-29-21-6-4-3-5-7-21/h3-8,11-12,17,20H,9-10,13-16H2,1-2H3. The number of carbonyl (C=O) groups is 1. The zero-order valence-corrected chi connectivity index (χ0v) is 18.7. The van der Waals surface area contributed by atoms with Crippen molar-refractivity contribution in [2.75, 3.05) is 19.5 Å². The van der Waals surface area contributed by atoms with Gasteiger partial charge < -0.3 is 14.4 Å². The van der Waals surface area contributed by atoms with E-state index >= 15 is 0 Å². The molecule has 7 nitrogen and oxygen atoms in total. The van der Waals surface area contributed by atoms with Crippen LogP contribution in [0.4, 0.5) is 0 Å². The van der Waals surface area contributed by atoms with Gasteiger partial charge in [-0.15, -0.1) is 0 Å². The van der Waals surface area contributed by atoms with Gasteiger partial charge in [-0.2, -0.15) is 4.31 Å². The van der Waals surface area contributed by atoms with Crippen LogP contribution in [0.15, 0.2) is 48.5 Å². The summed E-state index contributed by atoms with van der Waals surface area (Å²) in [6, 6.07) is 15.0. The summed E-state index contributed by atoms with van der Waals surface area (Å²) in [5.74, 6) is 1.26. The topological polar surface area (TPSA) is 76.2 Å². The normalized spacial score (nSPS) is 18.8. The number of amides is 1. The number of rotatable bonds is 7. The van der Waals surface area contributed by atoms with E-state index in [1.807, 2.05) is 55.5 Å². The van der Waals surface area contributed by atoms with E-state index in [0.717, 1.165) is 29.7 Å². The highest BCUT2D eigenvalue weighted by Crippen LogP contribution is 2.32. The maximum Gasteiger partial charge on any atom is 0.261 e. The average Bonchev–Trinajstić information content (AvgIpc) is 3.58. The Balaban J connectivity index is 1.49. The highest BCUT2D eigenvalue weighted by Gasteiger charge is 2.35. The van der Waals surface area contributed by atoms with Crippen molar-refractivity contribution in [1.82, 2.24) is 9.21 Å². The van der Waals surface area contributed by atoms with Crippen LogP contribution >= 0.6 is 0 Å². The minimum absolute atomic E-state index is 0.0487. The van der Waals surface area contributed by atoms with Crippen molar-refractivity contribution in [2.45, 2.75) is 44.9 Å². The van der Waals surface area contributed by atoms with Gasteiger partial charge in [-0.25, -0.2) is 8.42 Å². The van der Waals surface area contributed by atoms with Gasteiger partial charge in [0.05, 0.1) is 12.3 Å². The molecule has 2 aromatic carbocycles. The molecule has 1 atom stereocenters. The van der Waals surface area contributed by atoms with Crippen molar-refractivity contribution < 1.29 is 22.7 Å². The number of hydrogen-bond acceptors (Lipinski definition) is 5. The fraction of sp³-hybridized carbons (Fsp3) is 0.435. The molecule has 1 aliphatic heterocycles. The molecule has 4 rings (SSSR count). The lowest BCUT2D eigenvalue weighted by Gasteiger charge is -2.26. The Hall–Kier alpha value is -2.58. The minimum Gasteiger partial charge on any atom is -0.491 e. The Morgan fingerprint density at radius 1 is 1.19 bits per heavy atom. The van der Waals surface area contributed by atoms with Crippen molar-refractivity contribution in [1.29, 1.82) is 0 Å². The number of nitrogens with zero attached hydrogens (tertiary/aromatic N) is 2. The molecule has 31 heavy (non-hydrogen) atoms. The van der Waals surface area contributed by atoms with Crippen LogP contribution in [0, 0.1) is 0 Å². The summed E-state index contributed by atoms with van der Waals surface area (Å²) < 4.78 is 37.5. The fourth-order valence-electron chi connectivity index (χ4n) is 3.77. The zero-order chi connectivity index (χ0) is 22.0. The summed E-state index contributed by atoms with van der Waals surface area (Å²) in [7, 11) is -3.27. The van der Waals surface area contributed by atoms with Crippen molar-refractivity contribution >= 4 is 15.9 Å². The molecular weight excluding hydrogens is 416 g/mol. The minimum atomic E-state index is -3.27. The number of fused-ring (bicyclic) bond motifs is 1. The van der Waals surface area contributed by atoms with E-state index in [2.05, 4.69) is 0 Å². The smallest absolute Gasteiger partial charge is 0.261 e. The average molecular weight is 445 g/mol. The van der Waals surface area contributed by atoms with Crippen LogP contribution in [-0.2, 0) is 27.9 Å². The highest BCUT2D eigenvalue weighted by atomic mass is 32.2. The molecule has 1 unspecified atom stereocenters. The second-order valence-electron chi connectivity index (χ2n) is 8.26. The molecular formula is C23H28N2O5S. The molecule has 0 bridgehead atoms. The van der Waals surface area contributed by atoms with E-state index in [0.29, 0.717) is 25.4 Å². The second-order valence-corrected chi connectivity index (χ2v) is 10.2. The number of carbonyl (C=O) groups excluding carboxylic acids is 1. The molecule has 2 aromatic rings. The molecule has 1 fully saturated rings. The third-order valence-electron chi connectivity index (χ3n) is 5.62. The summed E-state index contributed by atoms with van der Waals surface area (Å²) in [5, 5.41) is 0. The lowest BCUT2D eigenvalue weighted by molar-refractivity contribution is -0.136. The Morgan fingerprint density at radius 3 is 2.61 bits per heavy atom. The quantitative estimate of drug-likeness (QED) is 0.656. The molecule has 0 aromatic heterocycles. The Bertz CT molecular complexity index is 1040. The summed E-state index contributed by atoms with van der Waals surface area (Å²) in [6.45, 7) is 3.01. The van der Waals surface area contributed by atoms with Crippen LogP contribution in [0.3, 0.4) is 0 Å². The van der Waals surface area contributed by atoms with E-state index < -0.39 is 10.0 Å². The molecule has 1 saturated carbocycles. The summed E-state index contributed by atoms with van der Waals surface area (Å²) in [6.07, 6.45) is 3.07. The van der Waals surface area contributed by atoms with Gasteiger partial charge in [0.25, 0.3) is 5.91 Å². The number of hydrogen-bond donors (Lipinski definition) is 0. The number of ether oxygens (including phenoxy) is 2. The van der Waals surface area contributed by atoms with Gasteiger partial charge in [0.2, 0.25) is 10.0 Å². The zero-order valence-electron chi connectivity index (χ0n) is 17.9. The van der Waals surface area contributed by atoms with E-state index in [1.54, 1.807) is 9.21 Å². The second kappa shape index (κ2) is 8.88. The van der Waals surface area contributed by atoms with Gasteiger partial charge in [0.1, 0.15) is 18.1 Å². The molecule has 1 heterocycles. The van der Waals surface area contributed by atoms with Gasteiger partial charge in [-0.1, -0.05) is 24.3 Å². The van der Waals surface area contributed by atoms with E-state index in [1.165, 1.54) is 6.26 Å². The molecule has 0 saturated heterocycles. The van der Waals surface area contributed by atoms with Gasteiger partial charge in [-0.3, -0.25) is 4.79 Å². The molecule has 1 aliphatic carbocycles. The van der Waals surface area contributed by atoms with Crippen LogP contribution in [0.5, 0.6) is 11.5 Å². The number of para-hydroxylation sites is 1. The first-order valence-electron chi connectivity index (χ1n) is 10.5. The van der Waals surface area contributed by atoms with Gasteiger partial charge >= 0.3 is 0 Å². The Kier molecular flexibility index (Phi) is 6.20. The van der Waals surface area contributed by atoms with Crippen LogP contribution < -0.4 is 9.47 Å². The third kappa shape index (κ3) is 5.37. The van der Waals surface area contributed by atoms with Crippen molar-refractivity contribution in [3.05, 3.63) is 59.7 Å². The van der Waals surface area contributed by atoms with E-state index in [4.69, 9.17) is 9.47 Å². The number of benzene rings is 2. The van der Waals surface area contributed by atoms with E-state index in [-0.39, 0.29) is 24.6 Å². The van der Waals surface area contributed by atoms with Crippen LogP contribution in [0.1, 0.15) is 30.9 Å². The Morgan fingerprint density at radius 2 is 1.94 bits per heavy atom. The summed E-state index contributed by atoms with van der Waals surface area (Å²) >= 11 is 0. The molecule has 1 amide bonds. The van der Waals surface area contributed by atoms with Gasteiger partial charge in [0, 0.05) is 24.7 Å².